The van der Waals surface area contributed by atoms with Crippen molar-refractivity contribution in [2.75, 3.05) is 7.11 Å². The molecule has 0 spiro atoms. The second-order valence-corrected chi connectivity index (χ2v) is 11.0. The SMILES string of the molecule is CCc1cc(CCC2(C3CCCC3)CC(=O)C(Cc3nc4nc(C)cc(C)n4n3)C(=O)O2)ccc1COC. The zero-order valence-electron chi connectivity index (χ0n) is 23.0. The van der Waals surface area contributed by atoms with Gasteiger partial charge < -0.3 is 9.47 Å². The van der Waals surface area contributed by atoms with Gasteiger partial charge in [0.2, 0.25) is 0 Å². The van der Waals surface area contributed by atoms with Crippen LogP contribution in [-0.4, -0.2) is 44.0 Å². The number of ketones is 1. The summed E-state index contributed by atoms with van der Waals surface area (Å²) >= 11 is 0. The van der Waals surface area contributed by atoms with E-state index in [-0.39, 0.29) is 24.5 Å². The minimum atomic E-state index is -0.872. The van der Waals surface area contributed by atoms with Gasteiger partial charge in [-0.15, -0.1) is 5.10 Å². The molecule has 3 heterocycles. The number of methoxy groups -OCH3 is 1. The fourth-order valence-electron chi connectivity index (χ4n) is 6.37. The molecule has 202 valence electrons. The fourth-order valence-corrected chi connectivity index (χ4v) is 6.37. The number of fused-ring (bicyclic) bond motifs is 1. The van der Waals surface area contributed by atoms with E-state index in [1.165, 1.54) is 16.7 Å². The lowest BCUT2D eigenvalue weighted by Gasteiger charge is -2.43. The molecule has 0 radical (unpaired) electrons. The molecule has 2 aliphatic rings. The third-order valence-electron chi connectivity index (χ3n) is 8.39. The number of hydrogen-bond donors (Lipinski definition) is 0. The molecule has 1 saturated carbocycles. The van der Waals surface area contributed by atoms with Gasteiger partial charge in [0.15, 0.2) is 11.6 Å². The van der Waals surface area contributed by atoms with Gasteiger partial charge in [-0.3, -0.25) is 9.59 Å². The predicted octanol–water partition coefficient (Wildman–Crippen LogP) is 4.69. The topological polar surface area (TPSA) is 95.7 Å². The van der Waals surface area contributed by atoms with E-state index in [1.54, 1.807) is 11.6 Å². The van der Waals surface area contributed by atoms with Gasteiger partial charge in [0.25, 0.3) is 5.78 Å². The first-order chi connectivity index (χ1) is 18.3. The predicted molar refractivity (Wildman–Crippen MR) is 143 cm³/mol. The maximum absolute atomic E-state index is 13.6. The largest absolute Gasteiger partial charge is 0.458 e. The molecule has 5 rings (SSSR count). The average Bonchev–Trinajstić information content (AvgIpc) is 3.57. The summed E-state index contributed by atoms with van der Waals surface area (Å²) in [7, 11) is 1.71. The van der Waals surface area contributed by atoms with Crippen LogP contribution in [0.1, 0.15) is 79.4 Å². The molecule has 2 unspecified atom stereocenters. The number of nitrogens with zero attached hydrogens (tertiary/aromatic N) is 4. The molecule has 0 bridgehead atoms. The van der Waals surface area contributed by atoms with Crippen LogP contribution in [0.25, 0.3) is 5.78 Å². The number of aryl methyl sites for hydroxylation is 4. The van der Waals surface area contributed by atoms with Crippen molar-refractivity contribution in [3.8, 4) is 0 Å². The molecule has 1 aliphatic heterocycles. The smallest absolute Gasteiger partial charge is 0.317 e. The Morgan fingerprint density at radius 3 is 2.61 bits per heavy atom. The summed E-state index contributed by atoms with van der Waals surface area (Å²) in [6.07, 6.45) is 6.98. The number of benzene rings is 1. The van der Waals surface area contributed by atoms with Crippen LogP contribution < -0.4 is 0 Å². The van der Waals surface area contributed by atoms with Crippen molar-refractivity contribution in [2.45, 2.75) is 90.8 Å². The standard InChI is InChI=1S/C30H38N4O4/c1-5-22-15-21(10-11-23(22)18-37-4)12-13-30(24-8-6-7-9-24)17-26(35)25(28(36)38-30)16-27-32-29-31-19(2)14-20(3)34(29)33-27/h10-11,14-15,24-25H,5-9,12-13,16-18H2,1-4H3. The van der Waals surface area contributed by atoms with E-state index >= 15 is 0 Å². The monoisotopic (exact) mass is 518 g/mol. The van der Waals surface area contributed by atoms with E-state index < -0.39 is 17.5 Å². The number of hydrogen-bond acceptors (Lipinski definition) is 7. The van der Waals surface area contributed by atoms with Crippen LogP contribution in [0.5, 0.6) is 0 Å². The second-order valence-electron chi connectivity index (χ2n) is 11.0. The first-order valence-corrected chi connectivity index (χ1v) is 13.9. The summed E-state index contributed by atoms with van der Waals surface area (Å²) < 4.78 is 13.3. The second kappa shape index (κ2) is 10.9. The third-order valence-corrected chi connectivity index (χ3v) is 8.39. The van der Waals surface area contributed by atoms with Crippen LogP contribution in [0, 0.1) is 25.7 Å². The van der Waals surface area contributed by atoms with E-state index in [1.807, 2.05) is 19.9 Å². The first-order valence-electron chi connectivity index (χ1n) is 13.9. The average molecular weight is 519 g/mol. The molecular weight excluding hydrogens is 480 g/mol. The van der Waals surface area contributed by atoms with Crippen LogP contribution in [0.2, 0.25) is 0 Å². The molecule has 1 aromatic carbocycles. The summed E-state index contributed by atoms with van der Waals surface area (Å²) in [5, 5.41) is 4.52. The Balaban J connectivity index is 1.34. The van der Waals surface area contributed by atoms with Crippen LogP contribution in [-0.2, 0) is 44.9 Å². The molecule has 2 aromatic heterocycles. The molecule has 2 fully saturated rings. The fraction of sp³-hybridized carbons (Fsp3) is 0.567. The minimum Gasteiger partial charge on any atom is -0.458 e. The van der Waals surface area contributed by atoms with E-state index in [0.717, 1.165) is 49.9 Å². The quantitative estimate of drug-likeness (QED) is 0.300. The summed E-state index contributed by atoms with van der Waals surface area (Å²) in [4.78, 5) is 35.9. The number of carbonyl (C=O) groups excluding carboxylic acids is 2. The molecule has 1 saturated heterocycles. The van der Waals surface area contributed by atoms with Crippen molar-refractivity contribution < 1.29 is 19.1 Å². The Kier molecular flexibility index (Phi) is 7.61. The zero-order chi connectivity index (χ0) is 26.9. The molecule has 8 heteroatoms. The summed E-state index contributed by atoms with van der Waals surface area (Å²) in [5.74, 6) is -0.216. The third kappa shape index (κ3) is 5.23. The van der Waals surface area contributed by atoms with Crippen molar-refractivity contribution in [2.24, 2.45) is 11.8 Å². The molecule has 0 amide bonds. The van der Waals surface area contributed by atoms with Crippen molar-refractivity contribution in [3.63, 3.8) is 0 Å². The number of esters is 1. The molecule has 1 aliphatic carbocycles. The first kappa shape index (κ1) is 26.5. The molecule has 2 atom stereocenters. The van der Waals surface area contributed by atoms with Gasteiger partial charge >= 0.3 is 5.97 Å². The Bertz CT molecular complexity index is 1320. The van der Waals surface area contributed by atoms with Gasteiger partial charge in [-0.2, -0.15) is 4.98 Å². The van der Waals surface area contributed by atoms with Crippen LogP contribution in [0.15, 0.2) is 24.3 Å². The number of ether oxygens (including phenoxy) is 2. The summed E-state index contributed by atoms with van der Waals surface area (Å²) in [5.41, 5.74) is 4.70. The highest BCUT2D eigenvalue weighted by atomic mass is 16.6. The summed E-state index contributed by atoms with van der Waals surface area (Å²) in [6.45, 7) is 6.59. The summed E-state index contributed by atoms with van der Waals surface area (Å²) in [6, 6.07) is 8.43. The van der Waals surface area contributed by atoms with E-state index in [0.29, 0.717) is 24.6 Å². The maximum atomic E-state index is 13.6. The number of aromatic nitrogens is 4. The number of carbonyl (C=O) groups is 2. The number of rotatable bonds is 9. The van der Waals surface area contributed by atoms with Gasteiger partial charge in [-0.05, 0) is 74.6 Å². The van der Waals surface area contributed by atoms with Crippen molar-refractivity contribution in [1.29, 1.82) is 0 Å². The highest BCUT2D eigenvalue weighted by molar-refractivity contribution is 6.01. The Morgan fingerprint density at radius 2 is 1.89 bits per heavy atom. The van der Waals surface area contributed by atoms with Crippen LogP contribution in [0.4, 0.5) is 0 Å². The minimum absolute atomic E-state index is 0.0578. The van der Waals surface area contributed by atoms with Gasteiger partial charge in [-0.1, -0.05) is 38.0 Å². The normalized spacial score (nSPS) is 22.4. The highest BCUT2D eigenvalue weighted by Gasteiger charge is 2.51. The maximum Gasteiger partial charge on any atom is 0.317 e. The number of Topliss-reactive ketones (excluding diaryl/α,β-unsaturated/α-hetero) is 1. The van der Waals surface area contributed by atoms with Gasteiger partial charge in [-0.25, -0.2) is 9.50 Å². The van der Waals surface area contributed by atoms with Crippen molar-refractivity contribution >= 4 is 17.5 Å². The van der Waals surface area contributed by atoms with Crippen molar-refractivity contribution in [3.05, 3.63) is 58.2 Å². The Labute approximate surface area is 224 Å². The number of cyclic esters (lactones) is 1. The van der Waals surface area contributed by atoms with E-state index in [2.05, 4.69) is 40.2 Å². The molecular formula is C30H38N4O4. The lowest BCUT2D eigenvalue weighted by atomic mass is 9.73. The van der Waals surface area contributed by atoms with Crippen molar-refractivity contribution in [1.82, 2.24) is 19.6 Å². The van der Waals surface area contributed by atoms with Gasteiger partial charge in [0, 0.05) is 31.3 Å². The Morgan fingerprint density at radius 1 is 1.11 bits per heavy atom. The van der Waals surface area contributed by atoms with Crippen LogP contribution in [0.3, 0.4) is 0 Å². The lowest BCUT2D eigenvalue weighted by Crippen LogP contribution is -2.52. The molecule has 0 N–H and O–H groups in total. The van der Waals surface area contributed by atoms with E-state index in [9.17, 15) is 9.59 Å². The molecule has 3 aromatic rings. The van der Waals surface area contributed by atoms with Gasteiger partial charge in [0.05, 0.1) is 6.61 Å². The van der Waals surface area contributed by atoms with Gasteiger partial charge in [0.1, 0.15) is 11.5 Å². The van der Waals surface area contributed by atoms with E-state index in [4.69, 9.17) is 9.47 Å². The molecule has 8 nitrogen and oxygen atoms in total. The molecule has 38 heavy (non-hydrogen) atoms. The lowest BCUT2D eigenvalue weighted by molar-refractivity contribution is -0.185. The zero-order valence-corrected chi connectivity index (χ0v) is 23.0. The Hall–Kier alpha value is -3.13. The highest BCUT2D eigenvalue weighted by Crippen LogP contribution is 2.45. The van der Waals surface area contributed by atoms with Crippen LogP contribution >= 0.6 is 0 Å².